The summed E-state index contributed by atoms with van der Waals surface area (Å²) in [6.45, 7) is 3.24. The fraction of sp³-hybridized carbons (Fsp3) is 0.276. The largest absolute Gasteiger partial charge is 0.493 e. The van der Waals surface area contributed by atoms with Crippen molar-refractivity contribution in [2.24, 2.45) is 0 Å². The summed E-state index contributed by atoms with van der Waals surface area (Å²) < 4.78 is 22.4. The molecule has 34 heavy (non-hydrogen) atoms. The molecule has 1 heterocycles. The number of benzene rings is 3. The molecular formula is C29H30O5. The molecule has 5 heteroatoms. The second kappa shape index (κ2) is 11.5. The van der Waals surface area contributed by atoms with Crippen LogP contribution < -0.4 is 9.47 Å². The number of esters is 1. The third-order valence-corrected chi connectivity index (χ3v) is 5.78. The Bertz CT molecular complexity index is 1080. The van der Waals surface area contributed by atoms with Crippen LogP contribution in [-0.4, -0.2) is 32.4 Å². The molecule has 0 saturated heterocycles. The average molecular weight is 459 g/mol. The van der Waals surface area contributed by atoms with Gasteiger partial charge in [0, 0.05) is 25.5 Å². The zero-order valence-electron chi connectivity index (χ0n) is 19.7. The van der Waals surface area contributed by atoms with Gasteiger partial charge in [0.2, 0.25) is 0 Å². The summed E-state index contributed by atoms with van der Waals surface area (Å²) in [6, 6.07) is 24.3. The number of para-hydroxylation sites is 1. The van der Waals surface area contributed by atoms with Crippen LogP contribution >= 0.6 is 0 Å². The molecule has 0 radical (unpaired) electrons. The molecule has 1 aliphatic rings. The van der Waals surface area contributed by atoms with E-state index >= 15 is 0 Å². The molecule has 0 amide bonds. The van der Waals surface area contributed by atoms with Crippen LogP contribution in [0.3, 0.4) is 0 Å². The topological polar surface area (TPSA) is 54.0 Å². The molecule has 1 atom stereocenters. The number of ether oxygens (including phenoxy) is 4. The molecule has 0 aliphatic carbocycles. The first-order chi connectivity index (χ1) is 16.7. The van der Waals surface area contributed by atoms with Gasteiger partial charge in [0.05, 0.1) is 13.2 Å². The molecule has 3 aromatic rings. The highest BCUT2D eigenvalue weighted by Crippen LogP contribution is 2.36. The highest BCUT2D eigenvalue weighted by molar-refractivity contribution is 5.84. The Kier molecular flexibility index (Phi) is 7.99. The summed E-state index contributed by atoms with van der Waals surface area (Å²) in [6.07, 6.45) is 2.84. The zero-order chi connectivity index (χ0) is 23.8. The van der Waals surface area contributed by atoms with Crippen LogP contribution in [0.2, 0.25) is 0 Å². The highest BCUT2D eigenvalue weighted by atomic mass is 16.6. The van der Waals surface area contributed by atoms with Gasteiger partial charge in [0.1, 0.15) is 18.1 Å². The van der Waals surface area contributed by atoms with Crippen LogP contribution in [-0.2, 0) is 27.3 Å². The number of methoxy groups -OCH3 is 1. The van der Waals surface area contributed by atoms with E-state index in [-0.39, 0.29) is 5.97 Å². The second-order valence-electron chi connectivity index (χ2n) is 8.02. The first kappa shape index (κ1) is 23.6. The van der Waals surface area contributed by atoms with Gasteiger partial charge in [-0.3, -0.25) is 0 Å². The SMILES string of the molecule is CCOC(=O)C(Cc1ccc(OCCC=C2c3ccccc3COc3ccccc32)cc1)OC. The van der Waals surface area contributed by atoms with Crippen LogP contribution in [0.25, 0.3) is 5.57 Å². The monoisotopic (exact) mass is 458 g/mol. The molecule has 3 aromatic carbocycles. The first-order valence-corrected chi connectivity index (χ1v) is 11.6. The summed E-state index contributed by atoms with van der Waals surface area (Å²) >= 11 is 0. The Labute approximate surface area is 200 Å². The summed E-state index contributed by atoms with van der Waals surface area (Å²) in [4.78, 5) is 11.9. The van der Waals surface area contributed by atoms with E-state index in [4.69, 9.17) is 18.9 Å². The van der Waals surface area contributed by atoms with E-state index in [1.807, 2.05) is 48.5 Å². The fourth-order valence-corrected chi connectivity index (χ4v) is 4.06. The first-order valence-electron chi connectivity index (χ1n) is 11.6. The van der Waals surface area contributed by atoms with Crippen molar-refractivity contribution in [2.75, 3.05) is 20.3 Å². The molecule has 4 rings (SSSR count). The minimum atomic E-state index is -0.604. The molecule has 0 bridgehead atoms. The zero-order valence-corrected chi connectivity index (χ0v) is 19.7. The van der Waals surface area contributed by atoms with Gasteiger partial charge in [-0.2, -0.15) is 0 Å². The van der Waals surface area contributed by atoms with Crippen molar-refractivity contribution in [3.05, 3.63) is 101 Å². The lowest BCUT2D eigenvalue weighted by Gasteiger charge is -2.14. The Morgan fingerprint density at radius 3 is 2.50 bits per heavy atom. The lowest BCUT2D eigenvalue weighted by molar-refractivity contribution is -0.154. The maximum Gasteiger partial charge on any atom is 0.335 e. The Morgan fingerprint density at radius 2 is 1.74 bits per heavy atom. The fourth-order valence-electron chi connectivity index (χ4n) is 4.06. The second-order valence-corrected chi connectivity index (χ2v) is 8.02. The number of rotatable bonds is 9. The van der Waals surface area contributed by atoms with Gasteiger partial charge < -0.3 is 18.9 Å². The van der Waals surface area contributed by atoms with Gasteiger partial charge in [-0.15, -0.1) is 0 Å². The van der Waals surface area contributed by atoms with Crippen molar-refractivity contribution in [1.82, 2.24) is 0 Å². The van der Waals surface area contributed by atoms with Gasteiger partial charge in [-0.05, 0) is 47.4 Å². The van der Waals surface area contributed by atoms with Crippen molar-refractivity contribution in [3.8, 4) is 11.5 Å². The number of fused-ring (bicyclic) bond motifs is 2. The van der Waals surface area contributed by atoms with Gasteiger partial charge in [-0.25, -0.2) is 4.79 Å². The Morgan fingerprint density at radius 1 is 1.00 bits per heavy atom. The predicted octanol–water partition coefficient (Wildman–Crippen LogP) is 5.60. The molecule has 176 valence electrons. The van der Waals surface area contributed by atoms with Crippen LogP contribution in [0.15, 0.2) is 78.9 Å². The number of carbonyl (C=O) groups excluding carboxylic acids is 1. The van der Waals surface area contributed by atoms with E-state index in [9.17, 15) is 4.79 Å². The van der Waals surface area contributed by atoms with Crippen molar-refractivity contribution < 1.29 is 23.7 Å². The number of hydrogen-bond donors (Lipinski definition) is 0. The van der Waals surface area contributed by atoms with Crippen molar-refractivity contribution in [2.45, 2.75) is 32.5 Å². The summed E-state index contributed by atoms with van der Waals surface area (Å²) in [5.74, 6) is 1.35. The van der Waals surface area contributed by atoms with Crippen molar-refractivity contribution in [1.29, 1.82) is 0 Å². The molecule has 1 aliphatic heterocycles. The smallest absolute Gasteiger partial charge is 0.335 e. The van der Waals surface area contributed by atoms with Gasteiger partial charge in [-0.1, -0.05) is 60.7 Å². The quantitative estimate of drug-likeness (QED) is 0.309. The number of carbonyl (C=O) groups is 1. The van der Waals surface area contributed by atoms with E-state index < -0.39 is 6.10 Å². The van der Waals surface area contributed by atoms with E-state index in [2.05, 4.69) is 30.3 Å². The van der Waals surface area contributed by atoms with Crippen molar-refractivity contribution >= 4 is 11.5 Å². The highest BCUT2D eigenvalue weighted by Gasteiger charge is 2.20. The molecule has 0 fully saturated rings. The maximum atomic E-state index is 11.9. The minimum absolute atomic E-state index is 0.339. The summed E-state index contributed by atoms with van der Waals surface area (Å²) in [5.41, 5.74) is 5.64. The lowest BCUT2D eigenvalue weighted by atomic mass is 9.93. The van der Waals surface area contributed by atoms with Gasteiger partial charge >= 0.3 is 5.97 Å². The minimum Gasteiger partial charge on any atom is -0.493 e. The normalized spacial score (nSPS) is 14.4. The number of hydrogen-bond acceptors (Lipinski definition) is 5. The third kappa shape index (κ3) is 5.67. The van der Waals surface area contributed by atoms with Crippen LogP contribution in [0.5, 0.6) is 11.5 Å². The summed E-state index contributed by atoms with van der Waals surface area (Å²) in [5, 5.41) is 0. The third-order valence-electron chi connectivity index (χ3n) is 5.78. The summed E-state index contributed by atoms with van der Waals surface area (Å²) in [7, 11) is 1.52. The van der Waals surface area contributed by atoms with E-state index in [0.717, 1.165) is 29.0 Å². The van der Waals surface area contributed by atoms with E-state index in [1.54, 1.807) is 6.92 Å². The maximum absolute atomic E-state index is 11.9. The Hall–Kier alpha value is -3.57. The predicted molar refractivity (Wildman–Crippen MR) is 132 cm³/mol. The molecule has 0 spiro atoms. The molecule has 0 saturated carbocycles. The lowest BCUT2D eigenvalue weighted by Crippen LogP contribution is -2.27. The van der Waals surface area contributed by atoms with Gasteiger partial charge in [0.25, 0.3) is 0 Å². The molecule has 5 nitrogen and oxygen atoms in total. The molecule has 1 unspecified atom stereocenters. The van der Waals surface area contributed by atoms with E-state index in [0.29, 0.717) is 26.2 Å². The molecular weight excluding hydrogens is 428 g/mol. The van der Waals surface area contributed by atoms with E-state index in [1.165, 1.54) is 23.8 Å². The van der Waals surface area contributed by atoms with Crippen LogP contribution in [0, 0.1) is 0 Å². The molecule has 0 N–H and O–H groups in total. The van der Waals surface area contributed by atoms with Crippen LogP contribution in [0.1, 0.15) is 35.6 Å². The van der Waals surface area contributed by atoms with Gasteiger partial charge in [0.15, 0.2) is 6.10 Å². The average Bonchev–Trinajstić information content (AvgIpc) is 3.03. The Balaban J connectivity index is 1.40. The van der Waals surface area contributed by atoms with Crippen molar-refractivity contribution in [3.63, 3.8) is 0 Å². The van der Waals surface area contributed by atoms with Crippen LogP contribution in [0.4, 0.5) is 0 Å². The molecule has 0 aromatic heterocycles. The standard InChI is InChI=1S/C29H30O5/c1-3-32-29(30)28(31-2)19-21-14-16-23(17-15-21)33-18-8-12-25-24-10-5-4-9-22(24)20-34-27-13-7-6-11-26(25)27/h4-7,9-17,28H,3,8,18-20H2,1-2H3.